The molecule has 0 spiro atoms. The summed E-state index contributed by atoms with van der Waals surface area (Å²) in [6.45, 7) is 5.59. The average molecular weight is 207 g/mol. The summed E-state index contributed by atoms with van der Waals surface area (Å²) in [5.41, 5.74) is 2.67. The van der Waals surface area contributed by atoms with Crippen LogP contribution in [0.4, 0.5) is 0 Å². The van der Waals surface area contributed by atoms with Crippen molar-refractivity contribution in [3.05, 3.63) is 35.4 Å². The van der Waals surface area contributed by atoms with Gasteiger partial charge in [-0.05, 0) is 31.5 Å². The molecule has 0 fully saturated rings. The molecule has 0 heterocycles. The standard InChI is InChI=1S/C13H21NO/c1-4-12-5-7-13(8-6-12)10-14(3)9-11(2)15/h5-8,11,15H,4,9-10H2,1-3H3. The lowest BCUT2D eigenvalue weighted by atomic mass is 10.1. The molecule has 0 radical (unpaired) electrons. The van der Waals surface area contributed by atoms with Crippen LogP contribution in [0.2, 0.25) is 0 Å². The summed E-state index contributed by atoms with van der Waals surface area (Å²) < 4.78 is 0. The van der Waals surface area contributed by atoms with E-state index in [1.165, 1.54) is 11.1 Å². The van der Waals surface area contributed by atoms with E-state index in [9.17, 15) is 5.11 Å². The molecule has 1 aromatic carbocycles. The number of hydrogen-bond donors (Lipinski definition) is 1. The van der Waals surface area contributed by atoms with Crippen LogP contribution in [-0.4, -0.2) is 29.7 Å². The highest BCUT2D eigenvalue weighted by Crippen LogP contribution is 2.07. The molecule has 0 aliphatic carbocycles. The fraction of sp³-hybridized carbons (Fsp3) is 0.538. The molecule has 0 aliphatic heterocycles. The van der Waals surface area contributed by atoms with Gasteiger partial charge in [-0.15, -0.1) is 0 Å². The molecule has 1 aromatic rings. The SMILES string of the molecule is CCc1ccc(CN(C)CC(C)O)cc1. The molecule has 2 heteroatoms. The van der Waals surface area contributed by atoms with Gasteiger partial charge in [-0.25, -0.2) is 0 Å². The largest absolute Gasteiger partial charge is 0.392 e. The minimum Gasteiger partial charge on any atom is -0.392 e. The van der Waals surface area contributed by atoms with E-state index in [0.717, 1.165) is 19.5 Å². The number of rotatable bonds is 5. The fourth-order valence-corrected chi connectivity index (χ4v) is 1.71. The molecule has 1 atom stereocenters. The Bertz CT molecular complexity index is 279. The fourth-order valence-electron chi connectivity index (χ4n) is 1.71. The summed E-state index contributed by atoms with van der Waals surface area (Å²) in [6, 6.07) is 8.67. The van der Waals surface area contributed by atoms with E-state index in [1.54, 1.807) is 0 Å². The number of aliphatic hydroxyl groups excluding tert-OH is 1. The van der Waals surface area contributed by atoms with E-state index in [1.807, 2.05) is 14.0 Å². The van der Waals surface area contributed by atoms with Crippen molar-refractivity contribution in [3.8, 4) is 0 Å². The molecule has 1 N–H and O–H groups in total. The lowest BCUT2D eigenvalue weighted by Crippen LogP contribution is -2.26. The van der Waals surface area contributed by atoms with Crippen molar-refractivity contribution in [2.24, 2.45) is 0 Å². The summed E-state index contributed by atoms with van der Waals surface area (Å²) >= 11 is 0. The minimum atomic E-state index is -0.259. The van der Waals surface area contributed by atoms with Gasteiger partial charge in [0.1, 0.15) is 0 Å². The molecule has 1 unspecified atom stereocenters. The van der Waals surface area contributed by atoms with Crippen molar-refractivity contribution in [3.63, 3.8) is 0 Å². The highest BCUT2D eigenvalue weighted by Gasteiger charge is 2.03. The van der Waals surface area contributed by atoms with E-state index in [-0.39, 0.29) is 6.10 Å². The molecule has 0 amide bonds. The van der Waals surface area contributed by atoms with Gasteiger partial charge in [-0.3, -0.25) is 4.90 Å². The number of benzene rings is 1. The summed E-state index contributed by atoms with van der Waals surface area (Å²) in [4.78, 5) is 2.13. The van der Waals surface area contributed by atoms with Crippen LogP contribution in [0.1, 0.15) is 25.0 Å². The molecule has 0 bridgehead atoms. The van der Waals surface area contributed by atoms with Gasteiger partial charge in [-0.1, -0.05) is 31.2 Å². The normalized spacial score (nSPS) is 13.1. The van der Waals surface area contributed by atoms with Crippen LogP contribution < -0.4 is 0 Å². The maximum atomic E-state index is 9.24. The van der Waals surface area contributed by atoms with Crippen LogP contribution in [0.3, 0.4) is 0 Å². The zero-order valence-electron chi connectivity index (χ0n) is 9.90. The number of nitrogens with zero attached hydrogens (tertiary/aromatic N) is 1. The van der Waals surface area contributed by atoms with Crippen LogP contribution in [-0.2, 0) is 13.0 Å². The Kier molecular flexibility index (Phi) is 4.79. The molecule has 84 valence electrons. The van der Waals surface area contributed by atoms with Crippen molar-refractivity contribution in [2.45, 2.75) is 32.9 Å². The second kappa shape index (κ2) is 5.89. The Labute approximate surface area is 92.5 Å². The molecule has 15 heavy (non-hydrogen) atoms. The molecular formula is C13H21NO. The number of aryl methyl sites for hydroxylation is 1. The third-order valence-electron chi connectivity index (χ3n) is 2.46. The van der Waals surface area contributed by atoms with E-state index in [2.05, 4.69) is 36.1 Å². The summed E-state index contributed by atoms with van der Waals surface area (Å²) in [6.07, 6.45) is 0.828. The second-order valence-corrected chi connectivity index (χ2v) is 4.22. The first-order chi connectivity index (χ1) is 7.11. The molecule has 2 nitrogen and oxygen atoms in total. The molecule has 0 saturated heterocycles. The Morgan fingerprint density at radius 1 is 1.20 bits per heavy atom. The third-order valence-corrected chi connectivity index (χ3v) is 2.46. The monoisotopic (exact) mass is 207 g/mol. The smallest absolute Gasteiger partial charge is 0.0639 e. The third kappa shape index (κ3) is 4.45. The lowest BCUT2D eigenvalue weighted by Gasteiger charge is -2.18. The lowest BCUT2D eigenvalue weighted by molar-refractivity contribution is 0.138. The number of likely N-dealkylation sites (N-methyl/N-ethyl adjacent to an activating group) is 1. The Morgan fingerprint density at radius 2 is 1.73 bits per heavy atom. The van der Waals surface area contributed by atoms with Gasteiger partial charge >= 0.3 is 0 Å². The Morgan fingerprint density at radius 3 is 2.20 bits per heavy atom. The van der Waals surface area contributed by atoms with Crippen LogP contribution in [0.25, 0.3) is 0 Å². The first-order valence-electron chi connectivity index (χ1n) is 5.56. The van der Waals surface area contributed by atoms with Crippen molar-refractivity contribution in [1.29, 1.82) is 0 Å². The van der Waals surface area contributed by atoms with Gasteiger partial charge in [0, 0.05) is 13.1 Å². The topological polar surface area (TPSA) is 23.5 Å². The van der Waals surface area contributed by atoms with Crippen LogP contribution >= 0.6 is 0 Å². The second-order valence-electron chi connectivity index (χ2n) is 4.22. The minimum absolute atomic E-state index is 0.259. The van der Waals surface area contributed by atoms with Gasteiger partial charge < -0.3 is 5.11 Å². The van der Waals surface area contributed by atoms with Crippen molar-refractivity contribution >= 4 is 0 Å². The van der Waals surface area contributed by atoms with Gasteiger partial charge in [0.25, 0.3) is 0 Å². The summed E-state index contributed by atoms with van der Waals surface area (Å²) in [7, 11) is 2.03. The first kappa shape index (κ1) is 12.2. The zero-order chi connectivity index (χ0) is 11.3. The quantitative estimate of drug-likeness (QED) is 0.799. The Balaban J connectivity index is 2.49. The number of aliphatic hydroxyl groups is 1. The van der Waals surface area contributed by atoms with Crippen molar-refractivity contribution < 1.29 is 5.11 Å². The van der Waals surface area contributed by atoms with E-state index >= 15 is 0 Å². The molecular weight excluding hydrogens is 186 g/mol. The van der Waals surface area contributed by atoms with Crippen molar-refractivity contribution in [2.75, 3.05) is 13.6 Å². The summed E-state index contributed by atoms with van der Waals surface area (Å²) in [5.74, 6) is 0. The molecule has 0 saturated carbocycles. The molecule has 0 aromatic heterocycles. The number of hydrogen-bond acceptors (Lipinski definition) is 2. The first-order valence-corrected chi connectivity index (χ1v) is 5.56. The Hall–Kier alpha value is -0.860. The zero-order valence-corrected chi connectivity index (χ0v) is 9.90. The maximum absolute atomic E-state index is 9.24. The van der Waals surface area contributed by atoms with E-state index in [0.29, 0.717) is 0 Å². The van der Waals surface area contributed by atoms with Crippen molar-refractivity contribution in [1.82, 2.24) is 4.90 Å². The van der Waals surface area contributed by atoms with Crippen LogP contribution in [0.5, 0.6) is 0 Å². The summed E-state index contributed by atoms with van der Waals surface area (Å²) in [5, 5.41) is 9.24. The average Bonchev–Trinajstić information content (AvgIpc) is 2.17. The predicted molar refractivity (Wildman–Crippen MR) is 63.8 cm³/mol. The van der Waals surface area contributed by atoms with Gasteiger partial charge in [-0.2, -0.15) is 0 Å². The van der Waals surface area contributed by atoms with Crippen LogP contribution in [0.15, 0.2) is 24.3 Å². The maximum Gasteiger partial charge on any atom is 0.0639 e. The molecule has 0 aliphatic rings. The van der Waals surface area contributed by atoms with E-state index in [4.69, 9.17) is 0 Å². The predicted octanol–water partition coefficient (Wildman–Crippen LogP) is 2.06. The highest BCUT2D eigenvalue weighted by molar-refractivity contribution is 5.22. The van der Waals surface area contributed by atoms with Gasteiger partial charge in [0.2, 0.25) is 0 Å². The van der Waals surface area contributed by atoms with Gasteiger partial charge in [0.05, 0.1) is 6.10 Å². The van der Waals surface area contributed by atoms with Crippen LogP contribution in [0, 0.1) is 0 Å². The molecule has 1 rings (SSSR count). The highest BCUT2D eigenvalue weighted by atomic mass is 16.3. The van der Waals surface area contributed by atoms with E-state index < -0.39 is 0 Å². The van der Waals surface area contributed by atoms with Gasteiger partial charge in [0.15, 0.2) is 0 Å².